The van der Waals surface area contributed by atoms with E-state index in [9.17, 15) is 0 Å². The van der Waals surface area contributed by atoms with Gasteiger partial charge in [0.15, 0.2) is 0 Å². The Balaban J connectivity index is 2.41. The fraction of sp³-hybridized carbons (Fsp3) is 0.125. The van der Waals surface area contributed by atoms with E-state index in [1.54, 1.807) is 12.3 Å². The van der Waals surface area contributed by atoms with Crippen molar-refractivity contribution < 1.29 is 0 Å². The third-order valence-electron chi connectivity index (χ3n) is 1.13. The molecule has 0 aliphatic carbocycles. The van der Waals surface area contributed by atoms with Gasteiger partial charge in [-0.15, -0.1) is 0 Å². The third kappa shape index (κ3) is 1.90. The van der Waals surface area contributed by atoms with Crippen LogP contribution in [0.5, 0.6) is 0 Å². The van der Waals surface area contributed by atoms with Gasteiger partial charge in [-0.05, 0) is 6.07 Å². The molecule has 51 valence electrons. The number of aromatic nitrogens is 2. The number of hydrogen-bond donors (Lipinski definition) is 1. The highest BCUT2D eigenvalue weighted by molar-refractivity contribution is 5.06. The summed E-state index contributed by atoms with van der Waals surface area (Å²) in [6.07, 6.45) is 7.89. The molecule has 0 aliphatic heterocycles. The van der Waals surface area contributed by atoms with Crippen LogP contribution in [-0.4, -0.2) is 10.2 Å². The van der Waals surface area contributed by atoms with Gasteiger partial charge in [0.1, 0.15) is 0 Å². The molecule has 1 aromatic rings. The first-order chi connectivity index (χ1) is 4.93. The molecule has 2 heteroatoms. The predicted octanol–water partition coefficient (Wildman–Crippen LogP) is 1.50. The van der Waals surface area contributed by atoms with Crippen LogP contribution in [0.3, 0.4) is 0 Å². The van der Waals surface area contributed by atoms with Gasteiger partial charge in [0.05, 0.1) is 5.69 Å². The molecule has 0 unspecified atom stereocenters. The van der Waals surface area contributed by atoms with Crippen molar-refractivity contribution >= 4 is 0 Å². The fourth-order valence-corrected chi connectivity index (χ4v) is 0.672. The summed E-state index contributed by atoms with van der Waals surface area (Å²) < 4.78 is 0. The zero-order chi connectivity index (χ0) is 7.23. The summed E-state index contributed by atoms with van der Waals surface area (Å²) in [6, 6.07) is 1.93. The number of nitrogens with one attached hydrogen (secondary N) is 1. The Kier molecular flexibility index (Phi) is 2.49. The molecule has 0 atom stereocenters. The van der Waals surface area contributed by atoms with Crippen LogP contribution in [0, 0.1) is 6.58 Å². The van der Waals surface area contributed by atoms with Crippen molar-refractivity contribution in [2.45, 2.75) is 6.42 Å². The SMILES string of the molecule is [CH]=CC=CCc1cc[nH]n1. The maximum absolute atomic E-state index is 5.13. The molecule has 0 spiro atoms. The molecule has 1 aromatic heterocycles. The normalized spacial score (nSPS) is 10.4. The number of rotatable bonds is 3. The van der Waals surface area contributed by atoms with Crippen LogP contribution in [0.4, 0.5) is 0 Å². The van der Waals surface area contributed by atoms with Crippen LogP contribution in [-0.2, 0) is 6.42 Å². The second kappa shape index (κ2) is 3.67. The first-order valence-corrected chi connectivity index (χ1v) is 3.12. The smallest absolute Gasteiger partial charge is 0.0659 e. The summed E-state index contributed by atoms with van der Waals surface area (Å²) >= 11 is 0. The van der Waals surface area contributed by atoms with Crippen molar-refractivity contribution in [3.8, 4) is 0 Å². The largest absolute Gasteiger partial charge is 0.285 e. The predicted molar refractivity (Wildman–Crippen MR) is 40.3 cm³/mol. The lowest BCUT2D eigenvalue weighted by Crippen LogP contribution is -1.78. The lowest BCUT2D eigenvalue weighted by Gasteiger charge is -1.82. The number of H-pyrrole nitrogens is 1. The van der Waals surface area contributed by atoms with Gasteiger partial charge in [-0.2, -0.15) is 5.10 Å². The van der Waals surface area contributed by atoms with Gasteiger partial charge in [0, 0.05) is 12.6 Å². The van der Waals surface area contributed by atoms with Crippen LogP contribution in [0.2, 0.25) is 0 Å². The highest BCUT2D eigenvalue weighted by Crippen LogP contribution is 1.93. The minimum atomic E-state index is 0.831. The zero-order valence-electron chi connectivity index (χ0n) is 5.62. The molecule has 0 aromatic carbocycles. The molecule has 0 fully saturated rings. The Morgan fingerprint density at radius 1 is 1.70 bits per heavy atom. The Hall–Kier alpha value is -1.31. The van der Waals surface area contributed by atoms with E-state index in [1.807, 2.05) is 12.1 Å². The Bertz CT molecular complexity index is 209. The first-order valence-electron chi connectivity index (χ1n) is 3.12. The average Bonchev–Trinajstić information content (AvgIpc) is 2.41. The second-order valence-electron chi connectivity index (χ2n) is 1.89. The van der Waals surface area contributed by atoms with E-state index in [0.29, 0.717) is 0 Å². The molecule has 1 N–H and O–H groups in total. The minimum Gasteiger partial charge on any atom is -0.285 e. The van der Waals surface area contributed by atoms with E-state index < -0.39 is 0 Å². The topological polar surface area (TPSA) is 28.7 Å². The number of hydrogen-bond acceptors (Lipinski definition) is 1. The van der Waals surface area contributed by atoms with Crippen LogP contribution in [0.15, 0.2) is 30.5 Å². The Morgan fingerprint density at radius 3 is 3.20 bits per heavy atom. The molecule has 0 amide bonds. The van der Waals surface area contributed by atoms with Gasteiger partial charge in [-0.1, -0.05) is 24.8 Å². The summed E-state index contributed by atoms with van der Waals surface area (Å²) in [5.74, 6) is 0. The molecule has 1 radical (unpaired) electrons. The van der Waals surface area contributed by atoms with Crippen molar-refractivity contribution in [1.82, 2.24) is 10.2 Å². The highest BCUT2D eigenvalue weighted by Gasteiger charge is 1.86. The molecular formula is C8H9N2. The lowest BCUT2D eigenvalue weighted by atomic mass is 10.3. The van der Waals surface area contributed by atoms with Crippen LogP contribution in [0.1, 0.15) is 5.69 Å². The average molecular weight is 133 g/mol. The summed E-state index contributed by atoms with van der Waals surface area (Å²) in [4.78, 5) is 0. The molecule has 2 nitrogen and oxygen atoms in total. The molecule has 0 bridgehead atoms. The van der Waals surface area contributed by atoms with Crippen LogP contribution in [0.25, 0.3) is 0 Å². The van der Waals surface area contributed by atoms with Crippen LogP contribution >= 0.6 is 0 Å². The first kappa shape index (κ1) is 6.81. The monoisotopic (exact) mass is 133 g/mol. The van der Waals surface area contributed by atoms with Crippen molar-refractivity contribution in [2.75, 3.05) is 0 Å². The molecule has 1 heterocycles. The number of allylic oxidation sites excluding steroid dienone is 3. The Morgan fingerprint density at radius 2 is 2.60 bits per heavy atom. The van der Waals surface area contributed by atoms with Crippen molar-refractivity contribution in [2.24, 2.45) is 0 Å². The Labute approximate surface area is 60.3 Å². The van der Waals surface area contributed by atoms with E-state index in [2.05, 4.69) is 10.2 Å². The quantitative estimate of drug-likeness (QED) is 0.622. The maximum atomic E-state index is 5.13. The molecule has 10 heavy (non-hydrogen) atoms. The van der Waals surface area contributed by atoms with E-state index in [1.165, 1.54) is 6.08 Å². The van der Waals surface area contributed by atoms with E-state index >= 15 is 0 Å². The van der Waals surface area contributed by atoms with Gasteiger partial charge in [-0.3, -0.25) is 5.10 Å². The molecule has 0 saturated heterocycles. The van der Waals surface area contributed by atoms with Gasteiger partial charge >= 0.3 is 0 Å². The van der Waals surface area contributed by atoms with Crippen molar-refractivity contribution in [3.63, 3.8) is 0 Å². The van der Waals surface area contributed by atoms with Crippen LogP contribution < -0.4 is 0 Å². The molecule has 0 aliphatic rings. The number of nitrogens with zero attached hydrogens (tertiary/aromatic N) is 1. The summed E-state index contributed by atoms with van der Waals surface area (Å²) in [5, 5.41) is 6.69. The zero-order valence-corrected chi connectivity index (χ0v) is 5.62. The van der Waals surface area contributed by atoms with Crippen molar-refractivity contribution in [1.29, 1.82) is 0 Å². The minimum absolute atomic E-state index is 0.831. The van der Waals surface area contributed by atoms with Crippen molar-refractivity contribution in [3.05, 3.63) is 42.8 Å². The molecule has 1 rings (SSSR count). The van der Waals surface area contributed by atoms with Gasteiger partial charge in [0.2, 0.25) is 0 Å². The molecular weight excluding hydrogens is 124 g/mol. The second-order valence-corrected chi connectivity index (χ2v) is 1.89. The van der Waals surface area contributed by atoms with E-state index in [-0.39, 0.29) is 0 Å². The number of aromatic amines is 1. The van der Waals surface area contributed by atoms with E-state index in [4.69, 9.17) is 6.58 Å². The standard InChI is InChI=1S/C8H9N2/c1-2-3-4-5-8-6-7-9-10-8/h1-4,6-7H,5H2,(H,9,10). The van der Waals surface area contributed by atoms with Gasteiger partial charge < -0.3 is 0 Å². The lowest BCUT2D eigenvalue weighted by molar-refractivity contribution is 1.01. The van der Waals surface area contributed by atoms with E-state index in [0.717, 1.165) is 12.1 Å². The molecule has 0 saturated carbocycles. The fourth-order valence-electron chi connectivity index (χ4n) is 0.672. The summed E-state index contributed by atoms with van der Waals surface area (Å²) in [6.45, 7) is 5.13. The maximum Gasteiger partial charge on any atom is 0.0659 e. The summed E-state index contributed by atoms with van der Waals surface area (Å²) in [5.41, 5.74) is 1.03. The highest BCUT2D eigenvalue weighted by atomic mass is 15.1. The van der Waals surface area contributed by atoms with Gasteiger partial charge in [-0.25, -0.2) is 0 Å². The summed E-state index contributed by atoms with van der Waals surface area (Å²) in [7, 11) is 0. The third-order valence-corrected chi connectivity index (χ3v) is 1.13. The van der Waals surface area contributed by atoms with Gasteiger partial charge in [0.25, 0.3) is 0 Å².